The Hall–Kier alpha value is -0.920. The van der Waals surface area contributed by atoms with Crippen molar-refractivity contribution in [3.05, 3.63) is 24.8 Å². The summed E-state index contributed by atoms with van der Waals surface area (Å²) in [6.07, 6.45) is 13.3. The van der Waals surface area contributed by atoms with E-state index in [1.54, 1.807) is 0 Å². The molecular weight excluding hydrogens is 136 g/mol. The Balaban J connectivity index is 2.16. The maximum Gasteiger partial charge on any atom is 0.187 e. The first kappa shape index (κ1) is 6.77. The lowest BCUT2D eigenvalue weighted by Crippen LogP contribution is -2.36. The quantitative estimate of drug-likeness (QED) is 0.553. The minimum absolute atomic E-state index is 0.748. The smallest absolute Gasteiger partial charge is 0.187 e. The molecule has 0 amide bonds. The molecule has 0 spiro atoms. The molecule has 0 bridgehead atoms. The number of aromatic nitrogens is 2. The molecule has 58 valence electrons. The molecule has 0 atom stereocenters. The van der Waals surface area contributed by atoms with E-state index in [1.165, 1.54) is 25.7 Å². The summed E-state index contributed by atoms with van der Waals surface area (Å²) in [6.45, 7) is 0. The van der Waals surface area contributed by atoms with Gasteiger partial charge in [0.05, 0.1) is 12.4 Å². The highest BCUT2D eigenvalue weighted by molar-refractivity contribution is 4.68. The van der Waals surface area contributed by atoms with E-state index in [0.717, 1.165) is 6.04 Å². The van der Waals surface area contributed by atoms with Crippen molar-refractivity contribution in [1.29, 1.82) is 0 Å². The lowest BCUT2D eigenvalue weighted by Gasteiger charge is -2.01. The molecule has 11 heavy (non-hydrogen) atoms. The Labute approximate surface area is 66.9 Å². The summed E-state index contributed by atoms with van der Waals surface area (Å²) in [7, 11) is 0. The van der Waals surface area contributed by atoms with Gasteiger partial charge in [0.25, 0.3) is 0 Å². The highest BCUT2D eigenvalue weighted by Crippen LogP contribution is 2.23. The van der Waals surface area contributed by atoms with Crippen molar-refractivity contribution in [2.24, 2.45) is 0 Å². The van der Waals surface area contributed by atoms with E-state index in [2.05, 4.69) is 21.9 Å². The standard InChI is InChI=1S/C9H13N2/c1-2-4-9(3-1)11-7-5-10-6-8-11/h5-9H,1-4H2/q+1. The van der Waals surface area contributed by atoms with Crippen molar-refractivity contribution >= 4 is 0 Å². The highest BCUT2D eigenvalue weighted by Gasteiger charge is 2.22. The fraction of sp³-hybridized carbons (Fsp3) is 0.556. The summed E-state index contributed by atoms with van der Waals surface area (Å²) in [5, 5.41) is 0. The van der Waals surface area contributed by atoms with Crippen LogP contribution in [0.25, 0.3) is 0 Å². The van der Waals surface area contributed by atoms with Gasteiger partial charge in [0.1, 0.15) is 0 Å². The molecule has 0 radical (unpaired) electrons. The predicted octanol–water partition coefficient (Wildman–Crippen LogP) is 1.48. The summed E-state index contributed by atoms with van der Waals surface area (Å²) in [6, 6.07) is 0.748. The molecule has 1 aliphatic rings. The van der Waals surface area contributed by atoms with E-state index in [-0.39, 0.29) is 0 Å². The van der Waals surface area contributed by atoms with Gasteiger partial charge in [-0.05, 0) is 12.8 Å². The van der Waals surface area contributed by atoms with Gasteiger partial charge >= 0.3 is 0 Å². The number of rotatable bonds is 1. The first-order valence-electron chi connectivity index (χ1n) is 4.27. The van der Waals surface area contributed by atoms with Crippen molar-refractivity contribution in [2.75, 3.05) is 0 Å². The van der Waals surface area contributed by atoms with Crippen molar-refractivity contribution in [3.8, 4) is 0 Å². The molecule has 2 nitrogen and oxygen atoms in total. The molecule has 1 aliphatic carbocycles. The van der Waals surface area contributed by atoms with Crippen LogP contribution in [-0.2, 0) is 0 Å². The van der Waals surface area contributed by atoms with Crippen LogP contribution in [-0.4, -0.2) is 4.98 Å². The molecule has 0 aliphatic heterocycles. The first-order chi connectivity index (χ1) is 5.47. The monoisotopic (exact) mass is 149 g/mol. The summed E-state index contributed by atoms with van der Waals surface area (Å²) in [5.74, 6) is 0. The van der Waals surface area contributed by atoms with Crippen LogP contribution in [0.4, 0.5) is 0 Å². The first-order valence-corrected chi connectivity index (χ1v) is 4.27. The second-order valence-corrected chi connectivity index (χ2v) is 3.13. The van der Waals surface area contributed by atoms with Crippen LogP contribution in [0.5, 0.6) is 0 Å². The second-order valence-electron chi connectivity index (χ2n) is 3.13. The molecule has 1 saturated carbocycles. The van der Waals surface area contributed by atoms with Crippen LogP contribution >= 0.6 is 0 Å². The summed E-state index contributed by atoms with van der Waals surface area (Å²) < 4.78 is 2.28. The SMILES string of the molecule is c1c[n+](C2CCCC2)ccn1. The van der Waals surface area contributed by atoms with E-state index in [0.29, 0.717) is 0 Å². The second kappa shape index (κ2) is 2.99. The molecule has 1 fully saturated rings. The van der Waals surface area contributed by atoms with Crippen LogP contribution < -0.4 is 4.57 Å². The van der Waals surface area contributed by atoms with E-state index >= 15 is 0 Å². The zero-order valence-corrected chi connectivity index (χ0v) is 6.61. The fourth-order valence-corrected chi connectivity index (χ4v) is 1.78. The average Bonchev–Trinajstić information content (AvgIpc) is 2.58. The van der Waals surface area contributed by atoms with Crippen LogP contribution in [0.2, 0.25) is 0 Å². The number of nitrogens with zero attached hydrogens (tertiary/aromatic N) is 2. The fourth-order valence-electron chi connectivity index (χ4n) is 1.78. The van der Waals surface area contributed by atoms with Crippen LogP contribution in [0.3, 0.4) is 0 Å². The van der Waals surface area contributed by atoms with E-state index in [1.807, 2.05) is 12.4 Å². The van der Waals surface area contributed by atoms with Crippen LogP contribution in [0, 0.1) is 0 Å². The largest absolute Gasteiger partial charge is 0.252 e. The minimum atomic E-state index is 0.748. The molecular formula is C9H13N2+. The van der Waals surface area contributed by atoms with Crippen molar-refractivity contribution in [2.45, 2.75) is 31.7 Å². The maximum atomic E-state index is 4.00. The highest BCUT2D eigenvalue weighted by atomic mass is 15.0. The normalized spacial score (nSPS) is 18.9. The Bertz CT molecular complexity index is 214. The molecule has 0 aromatic carbocycles. The summed E-state index contributed by atoms with van der Waals surface area (Å²) in [4.78, 5) is 4.00. The van der Waals surface area contributed by atoms with Gasteiger partial charge in [-0.2, -0.15) is 4.57 Å². The molecule has 0 unspecified atom stereocenters. The Morgan fingerprint density at radius 1 is 1.09 bits per heavy atom. The lowest BCUT2D eigenvalue weighted by atomic mass is 10.2. The van der Waals surface area contributed by atoms with Gasteiger partial charge in [-0.1, -0.05) is 0 Å². The lowest BCUT2D eigenvalue weighted by molar-refractivity contribution is -0.722. The third-order valence-corrected chi connectivity index (χ3v) is 2.40. The van der Waals surface area contributed by atoms with Crippen LogP contribution in [0.1, 0.15) is 31.7 Å². The molecule has 2 rings (SSSR count). The topological polar surface area (TPSA) is 16.8 Å². The molecule has 2 heteroatoms. The van der Waals surface area contributed by atoms with Gasteiger partial charge in [-0.3, -0.25) is 4.98 Å². The summed E-state index contributed by atoms with van der Waals surface area (Å²) >= 11 is 0. The van der Waals surface area contributed by atoms with E-state index in [4.69, 9.17) is 0 Å². The molecule has 1 aromatic heterocycles. The predicted molar refractivity (Wildman–Crippen MR) is 41.9 cm³/mol. The zero-order chi connectivity index (χ0) is 7.52. The van der Waals surface area contributed by atoms with Gasteiger partial charge in [-0.25, -0.2) is 0 Å². The van der Waals surface area contributed by atoms with E-state index in [9.17, 15) is 0 Å². The van der Waals surface area contributed by atoms with Crippen molar-refractivity contribution < 1.29 is 4.57 Å². The van der Waals surface area contributed by atoms with Gasteiger partial charge in [0, 0.05) is 12.8 Å². The molecule has 0 N–H and O–H groups in total. The Morgan fingerprint density at radius 3 is 2.36 bits per heavy atom. The van der Waals surface area contributed by atoms with E-state index < -0.39 is 0 Å². The van der Waals surface area contributed by atoms with Crippen molar-refractivity contribution in [3.63, 3.8) is 0 Å². The Kier molecular flexibility index (Phi) is 1.84. The number of hydrogen-bond donors (Lipinski definition) is 0. The minimum Gasteiger partial charge on any atom is -0.252 e. The van der Waals surface area contributed by atoms with Gasteiger partial charge < -0.3 is 0 Å². The maximum absolute atomic E-state index is 4.00. The molecule has 0 saturated heterocycles. The average molecular weight is 149 g/mol. The zero-order valence-electron chi connectivity index (χ0n) is 6.61. The number of hydrogen-bond acceptors (Lipinski definition) is 1. The summed E-state index contributed by atoms with van der Waals surface area (Å²) in [5.41, 5.74) is 0. The van der Waals surface area contributed by atoms with Gasteiger partial charge in [0.15, 0.2) is 18.4 Å². The third kappa shape index (κ3) is 1.39. The van der Waals surface area contributed by atoms with Crippen LogP contribution in [0.15, 0.2) is 24.8 Å². The molecule has 1 heterocycles. The van der Waals surface area contributed by atoms with Crippen molar-refractivity contribution in [1.82, 2.24) is 4.98 Å². The Morgan fingerprint density at radius 2 is 1.73 bits per heavy atom. The third-order valence-electron chi connectivity index (χ3n) is 2.40. The molecule has 1 aromatic rings. The van der Waals surface area contributed by atoms with Gasteiger partial charge in [-0.15, -0.1) is 0 Å². The van der Waals surface area contributed by atoms with Gasteiger partial charge in [0.2, 0.25) is 0 Å².